The number of nitrogens with two attached hydrogens (primary N) is 1. The number of ether oxygens (including phenoxy) is 1. The maximum Gasteiger partial charge on any atom is 0.240 e. The fraction of sp³-hybridized carbons (Fsp3) is 0.933. The molecule has 0 spiro atoms. The molecule has 0 bridgehead atoms. The molecular formula is C15H28N2O2. The van der Waals surface area contributed by atoms with Crippen molar-refractivity contribution in [1.82, 2.24) is 5.32 Å². The number of hydrogen-bond acceptors (Lipinski definition) is 3. The Morgan fingerprint density at radius 1 is 1.21 bits per heavy atom. The molecule has 110 valence electrons. The molecule has 2 fully saturated rings. The molecule has 19 heavy (non-hydrogen) atoms. The standard InChI is InChI=1S/C15H28N2O2/c1-14(2)5-3-12(4-6-14)11-17-13(18)15(16)7-9-19-10-8-15/h12H,3-11,16H2,1-2H3,(H,17,18). The van der Waals surface area contributed by atoms with Crippen molar-refractivity contribution in [2.75, 3.05) is 19.8 Å². The van der Waals surface area contributed by atoms with Gasteiger partial charge >= 0.3 is 0 Å². The Bertz CT molecular complexity index is 312. The summed E-state index contributed by atoms with van der Waals surface area (Å²) < 4.78 is 5.27. The molecule has 1 heterocycles. The van der Waals surface area contributed by atoms with Gasteiger partial charge in [-0.25, -0.2) is 0 Å². The van der Waals surface area contributed by atoms with Gasteiger partial charge in [-0.15, -0.1) is 0 Å². The largest absolute Gasteiger partial charge is 0.381 e. The molecule has 1 saturated carbocycles. The maximum atomic E-state index is 12.2. The van der Waals surface area contributed by atoms with E-state index >= 15 is 0 Å². The molecule has 0 atom stereocenters. The molecule has 4 heteroatoms. The first-order chi connectivity index (χ1) is 8.91. The van der Waals surface area contributed by atoms with Gasteiger partial charge < -0.3 is 15.8 Å². The van der Waals surface area contributed by atoms with E-state index < -0.39 is 5.54 Å². The molecule has 0 aromatic rings. The van der Waals surface area contributed by atoms with Gasteiger partial charge in [-0.05, 0) is 49.9 Å². The third-order valence-electron chi connectivity index (χ3n) is 4.85. The minimum atomic E-state index is -0.702. The van der Waals surface area contributed by atoms with E-state index in [4.69, 9.17) is 10.5 Å². The van der Waals surface area contributed by atoms with Crippen LogP contribution in [0.2, 0.25) is 0 Å². The van der Waals surface area contributed by atoms with E-state index in [0.717, 1.165) is 6.54 Å². The second kappa shape index (κ2) is 5.80. The summed E-state index contributed by atoms with van der Waals surface area (Å²) in [7, 11) is 0. The average molecular weight is 268 g/mol. The molecule has 1 saturated heterocycles. The predicted octanol–water partition coefficient (Wildman–Crippen LogP) is 1.83. The first kappa shape index (κ1) is 14.8. The summed E-state index contributed by atoms with van der Waals surface area (Å²) in [4.78, 5) is 12.2. The summed E-state index contributed by atoms with van der Waals surface area (Å²) in [6, 6.07) is 0. The van der Waals surface area contributed by atoms with E-state index in [1.807, 2.05) is 0 Å². The Morgan fingerprint density at radius 2 is 1.79 bits per heavy atom. The van der Waals surface area contributed by atoms with Gasteiger partial charge in [0.25, 0.3) is 0 Å². The van der Waals surface area contributed by atoms with E-state index in [1.165, 1.54) is 25.7 Å². The van der Waals surface area contributed by atoms with Crippen LogP contribution >= 0.6 is 0 Å². The highest BCUT2D eigenvalue weighted by molar-refractivity contribution is 5.86. The van der Waals surface area contributed by atoms with Crippen LogP contribution in [0.5, 0.6) is 0 Å². The van der Waals surface area contributed by atoms with Crippen molar-refractivity contribution < 1.29 is 9.53 Å². The Balaban J connectivity index is 1.75. The summed E-state index contributed by atoms with van der Waals surface area (Å²) in [5.74, 6) is 0.640. The lowest BCUT2D eigenvalue weighted by Gasteiger charge is -2.36. The second-order valence-corrected chi connectivity index (χ2v) is 7.09. The average Bonchev–Trinajstić information content (AvgIpc) is 2.38. The van der Waals surface area contributed by atoms with E-state index in [0.29, 0.717) is 37.4 Å². The van der Waals surface area contributed by atoms with Gasteiger partial charge in [-0.2, -0.15) is 0 Å². The lowest BCUT2D eigenvalue weighted by atomic mass is 9.73. The quantitative estimate of drug-likeness (QED) is 0.820. The lowest BCUT2D eigenvalue weighted by Crippen LogP contribution is -2.57. The van der Waals surface area contributed by atoms with E-state index in [1.54, 1.807) is 0 Å². The number of carbonyl (C=O) groups is 1. The molecule has 1 aliphatic heterocycles. The van der Waals surface area contributed by atoms with Crippen molar-refractivity contribution in [1.29, 1.82) is 0 Å². The summed E-state index contributed by atoms with van der Waals surface area (Å²) >= 11 is 0. The topological polar surface area (TPSA) is 64.4 Å². The fourth-order valence-electron chi connectivity index (χ4n) is 3.04. The van der Waals surface area contributed by atoms with Crippen LogP contribution in [0.4, 0.5) is 0 Å². The first-order valence-electron chi connectivity index (χ1n) is 7.56. The molecule has 1 aliphatic carbocycles. The Morgan fingerprint density at radius 3 is 2.37 bits per heavy atom. The monoisotopic (exact) mass is 268 g/mol. The fourth-order valence-corrected chi connectivity index (χ4v) is 3.04. The van der Waals surface area contributed by atoms with Crippen LogP contribution in [0, 0.1) is 11.3 Å². The number of amides is 1. The van der Waals surface area contributed by atoms with Crippen LogP contribution in [0.25, 0.3) is 0 Å². The van der Waals surface area contributed by atoms with Gasteiger partial charge in [0, 0.05) is 19.8 Å². The molecule has 2 rings (SSSR count). The number of hydrogen-bond donors (Lipinski definition) is 2. The molecule has 0 aromatic carbocycles. The van der Waals surface area contributed by atoms with Gasteiger partial charge in [-0.1, -0.05) is 13.8 Å². The molecule has 0 aromatic heterocycles. The van der Waals surface area contributed by atoms with Gasteiger partial charge in [0.15, 0.2) is 0 Å². The molecule has 3 N–H and O–H groups in total. The number of carbonyl (C=O) groups excluding carboxylic acids is 1. The van der Waals surface area contributed by atoms with Crippen LogP contribution in [0.15, 0.2) is 0 Å². The van der Waals surface area contributed by atoms with Crippen LogP contribution < -0.4 is 11.1 Å². The minimum absolute atomic E-state index is 0.0145. The Hall–Kier alpha value is -0.610. The zero-order valence-corrected chi connectivity index (χ0v) is 12.3. The van der Waals surface area contributed by atoms with Crippen molar-refractivity contribution >= 4 is 5.91 Å². The molecule has 2 aliphatic rings. The zero-order chi connectivity index (χ0) is 13.9. The van der Waals surface area contributed by atoms with Crippen molar-refractivity contribution in [2.45, 2.75) is 57.9 Å². The van der Waals surface area contributed by atoms with Gasteiger partial charge in [-0.3, -0.25) is 4.79 Å². The summed E-state index contributed by atoms with van der Waals surface area (Å²) in [6.07, 6.45) is 6.22. The first-order valence-corrected chi connectivity index (χ1v) is 7.56. The summed E-state index contributed by atoms with van der Waals surface area (Å²) in [6.45, 7) is 6.65. The molecule has 1 amide bonds. The van der Waals surface area contributed by atoms with Crippen LogP contribution in [-0.2, 0) is 9.53 Å². The molecule has 0 unspecified atom stereocenters. The van der Waals surface area contributed by atoms with Crippen LogP contribution in [0.1, 0.15) is 52.4 Å². The van der Waals surface area contributed by atoms with Crippen LogP contribution in [-0.4, -0.2) is 31.2 Å². The smallest absolute Gasteiger partial charge is 0.240 e. The van der Waals surface area contributed by atoms with E-state index in [-0.39, 0.29) is 5.91 Å². The van der Waals surface area contributed by atoms with Crippen LogP contribution in [0.3, 0.4) is 0 Å². The number of rotatable bonds is 3. The van der Waals surface area contributed by atoms with Crippen molar-refractivity contribution in [3.8, 4) is 0 Å². The highest BCUT2D eigenvalue weighted by Crippen LogP contribution is 2.37. The zero-order valence-electron chi connectivity index (χ0n) is 12.3. The maximum absolute atomic E-state index is 12.2. The second-order valence-electron chi connectivity index (χ2n) is 7.09. The Kier molecular flexibility index (Phi) is 4.51. The predicted molar refractivity (Wildman–Crippen MR) is 75.7 cm³/mol. The third kappa shape index (κ3) is 3.93. The number of nitrogens with one attached hydrogen (secondary N) is 1. The SMILES string of the molecule is CC1(C)CCC(CNC(=O)C2(N)CCOCC2)CC1. The third-order valence-corrected chi connectivity index (χ3v) is 4.85. The highest BCUT2D eigenvalue weighted by Gasteiger charge is 2.36. The normalized spacial score (nSPS) is 26.9. The van der Waals surface area contributed by atoms with E-state index in [2.05, 4.69) is 19.2 Å². The minimum Gasteiger partial charge on any atom is -0.381 e. The van der Waals surface area contributed by atoms with Gasteiger partial charge in [0.05, 0.1) is 5.54 Å². The highest BCUT2D eigenvalue weighted by atomic mass is 16.5. The van der Waals surface area contributed by atoms with Crippen molar-refractivity contribution in [3.05, 3.63) is 0 Å². The summed E-state index contributed by atoms with van der Waals surface area (Å²) in [5, 5.41) is 3.07. The van der Waals surface area contributed by atoms with E-state index in [9.17, 15) is 4.79 Å². The molecule has 4 nitrogen and oxygen atoms in total. The van der Waals surface area contributed by atoms with Gasteiger partial charge in [0.2, 0.25) is 5.91 Å². The van der Waals surface area contributed by atoms with Crippen molar-refractivity contribution in [2.24, 2.45) is 17.1 Å². The lowest BCUT2D eigenvalue weighted by molar-refractivity contribution is -0.130. The summed E-state index contributed by atoms with van der Waals surface area (Å²) in [5.41, 5.74) is 5.95. The van der Waals surface area contributed by atoms with Gasteiger partial charge in [0.1, 0.15) is 0 Å². The molecule has 0 radical (unpaired) electrons. The molecular weight excluding hydrogens is 240 g/mol. The van der Waals surface area contributed by atoms with Crippen molar-refractivity contribution in [3.63, 3.8) is 0 Å². The Labute approximate surface area is 116 Å².